The van der Waals surface area contributed by atoms with E-state index in [1.54, 1.807) is 6.07 Å². The van der Waals surface area contributed by atoms with E-state index in [9.17, 15) is 9.59 Å². The molecule has 5 nitrogen and oxygen atoms in total. The highest BCUT2D eigenvalue weighted by Crippen LogP contribution is 2.16. The van der Waals surface area contributed by atoms with Crippen LogP contribution in [0.5, 0.6) is 0 Å². The van der Waals surface area contributed by atoms with Gasteiger partial charge in [-0.15, -0.1) is 0 Å². The van der Waals surface area contributed by atoms with Crippen LogP contribution in [0, 0.1) is 6.92 Å². The third kappa shape index (κ3) is 2.03. The number of anilines is 1. The van der Waals surface area contributed by atoms with Crippen LogP contribution in [0.2, 0.25) is 0 Å². The summed E-state index contributed by atoms with van der Waals surface area (Å²) in [4.78, 5) is 25.2. The van der Waals surface area contributed by atoms with Gasteiger partial charge in [-0.05, 0) is 40.5 Å². The van der Waals surface area contributed by atoms with Gasteiger partial charge in [-0.2, -0.15) is 0 Å². The number of nitrogens with one attached hydrogen (secondary N) is 1. The van der Waals surface area contributed by atoms with Crippen molar-refractivity contribution in [3.8, 4) is 5.69 Å². The van der Waals surface area contributed by atoms with Gasteiger partial charge in [0.25, 0.3) is 5.56 Å². The maximum atomic E-state index is 11.7. The molecule has 0 saturated carbocycles. The second-order valence-electron chi connectivity index (χ2n) is 3.63. The zero-order valence-corrected chi connectivity index (χ0v) is 10.6. The highest BCUT2D eigenvalue weighted by molar-refractivity contribution is 9.10. The Kier molecular flexibility index (Phi) is 2.89. The first-order valence-electron chi connectivity index (χ1n) is 4.88. The van der Waals surface area contributed by atoms with Gasteiger partial charge in [0.05, 0.1) is 5.69 Å². The van der Waals surface area contributed by atoms with Crippen LogP contribution in [-0.4, -0.2) is 9.55 Å². The monoisotopic (exact) mass is 295 g/mol. The van der Waals surface area contributed by atoms with Crippen molar-refractivity contribution in [2.24, 2.45) is 0 Å². The molecule has 1 heterocycles. The van der Waals surface area contributed by atoms with Crippen molar-refractivity contribution in [3.63, 3.8) is 0 Å². The molecule has 0 spiro atoms. The van der Waals surface area contributed by atoms with Crippen LogP contribution in [-0.2, 0) is 0 Å². The molecular weight excluding hydrogens is 286 g/mol. The largest absolute Gasteiger partial charge is 0.384 e. The number of aromatic nitrogens is 2. The van der Waals surface area contributed by atoms with Gasteiger partial charge in [-0.3, -0.25) is 9.78 Å². The zero-order valence-electron chi connectivity index (χ0n) is 9.03. The summed E-state index contributed by atoms with van der Waals surface area (Å²) in [6.45, 7) is 1.91. The number of aromatic amines is 1. The van der Waals surface area contributed by atoms with Crippen LogP contribution < -0.4 is 17.0 Å². The van der Waals surface area contributed by atoms with E-state index in [2.05, 4.69) is 20.9 Å². The van der Waals surface area contributed by atoms with Crippen molar-refractivity contribution >= 4 is 21.7 Å². The number of hydrogen-bond donors (Lipinski definition) is 2. The van der Waals surface area contributed by atoms with E-state index in [4.69, 9.17) is 5.73 Å². The second-order valence-corrected chi connectivity index (χ2v) is 4.43. The van der Waals surface area contributed by atoms with Gasteiger partial charge in [0, 0.05) is 0 Å². The molecule has 1 aromatic carbocycles. The number of benzene rings is 1. The Bertz CT molecular complexity index is 688. The summed E-state index contributed by atoms with van der Waals surface area (Å²) in [7, 11) is 0. The lowest BCUT2D eigenvalue weighted by Gasteiger charge is -2.10. The number of rotatable bonds is 1. The zero-order chi connectivity index (χ0) is 12.6. The molecule has 2 aromatic rings. The molecule has 0 atom stereocenters. The van der Waals surface area contributed by atoms with Crippen molar-refractivity contribution in [3.05, 3.63) is 55.1 Å². The molecule has 0 fully saturated rings. The summed E-state index contributed by atoms with van der Waals surface area (Å²) < 4.78 is 1.40. The molecule has 6 heteroatoms. The summed E-state index contributed by atoms with van der Waals surface area (Å²) in [6, 6.07) is 7.28. The predicted octanol–water partition coefficient (Wildman–Crippen LogP) is 1.18. The minimum atomic E-state index is -0.554. The van der Waals surface area contributed by atoms with E-state index in [-0.39, 0.29) is 10.3 Å². The Morgan fingerprint density at radius 3 is 2.71 bits per heavy atom. The van der Waals surface area contributed by atoms with Crippen LogP contribution in [0.25, 0.3) is 5.69 Å². The van der Waals surface area contributed by atoms with E-state index in [0.717, 1.165) is 5.56 Å². The van der Waals surface area contributed by atoms with Gasteiger partial charge in [-0.25, -0.2) is 9.36 Å². The summed E-state index contributed by atoms with van der Waals surface area (Å²) in [5, 5.41) is 0. The standard InChI is InChI=1S/C11H10BrN3O2/c1-6-3-2-4-7(5-6)15-9(13)8(12)10(16)14-11(15)17/h2-5H,13H2,1H3,(H,14,16,17). The van der Waals surface area contributed by atoms with Crippen molar-refractivity contribution in [1.29, 1.82) is 0 Å². The quantitative estimate of drug-likeness (QED) is 0.829. The molecule has 0 radical (unpaired) electrons. The van der Waals surface area contributed by atoms with Crippen LogP contribution in [0.3, 0.4) is 0 Å². The number of hydrogen-bond acceptors (Lipinski definition) is 3. The van der Waals surface area contributed by atoms with Gasteiger partial charge >= 0.3 is 5.69 Å². The fourth-order valence-corrected chi connectivity index (χ4v) is 1.83. The SMILES string of the molecule is Cc1cccc(-n2c(N)c(Br)c(=O)[nH]c2=O)c1. The Hall–Kier alpha value is -1.82. The maximum absolute atomic E-state index is 11.7. The minimum Gasteiger partial charge on any atom is -0.384 e. The number of aryl methyl sites for hydroxylation is 1. The molecule has 0 amide bonds. The molecule has 0 bridgehead atoms. The second kappa shape index (κ2) is 4.21. The van der Waals surface area contributed by atoms with E-state index in [1.165, 1.54) is 4.57 Å². The molecule has 2 rings (SSSR count). The Balaban J connectivity index is 2.81. The van der Waals surface area contributed by atoms with Gasteiger partial charge in [0.15, 0.2) is 0 Å². The molecular formula is C11H10BrN3O2. The first-order chi connectivity index (χ1) is 8.00. The van der Waals surface area contributed by atoms with Crippen LogP contribution in [0.4, 0.5) is 5.82 Å². The summed E-state index contributed by atoms with van der Waals surface area (Å²) in [5.74, 6) is 0.0874. The molecule has 0 unspecified atom stereocenters. The van der Waals surface area contributed by atoms with Gasteiger partial charge in [0.2, 0.25) is 0 Å². The first kappa shape index (κ1) is 11.7. The molecule has 17 heavy (non-hydrogen) atoms. The van der Waals surface area contributed by atoms with Crippen molar-refractivity contribution in [2.75, 3.05) is 5.73 Å². The number of halogens is 1. The van der Waals surface area contributed by atoms with Crippen molar-refractivity contribution in [2.45, 2.75) is 6.92 Å². The minimum absolute atomic E-state index is 0.0874. The molecule has 0 aliphatic carbocycles. The Morgan fingerprint density at radius 1 is 1.35 bits per heavy atom. The average Bonchev–Trinajstić information content (AvgIpc) is 2.26. The van der Waals surface area contributed by atoms with Gasteiger partial charge in [0.1, 0.15) is 10.3 Å². The highest BCUT2D eigenvalue weighted by atomic mass is 79.9. The normalized spacial score (nSPS) is 10.5. The molecule has 1 aromatic heterocycles. The predicted molar refractivity (Wildman–Crippen MR) is 69.5 cm³/mol. The van der Waals surface area contributed by atoms with Crippen molar-refractivity contribution < 1.29 is 0 Å². The van der Waals surface area contributed by atoms with Crippen LogP contribution in [0.1, 0.15) is 5.56 Å². The molecule has 88 valence electrons. The average molecular weight is 296 g/mol. The van der Waals surface area contributed by atoms with E-state index < -0.39 is 11.2 Å². The number of nitrogens with two attached hydrogens (primary N) is 1. The number of H-pyrrole nitrogens is 1. The molecule has 0 aliphatic heterocycles. The summed E-state index contributed by atoms with van der Waals surface area (Å²) >= 11 is 3.05. The third-order valence-corrected chi connectivity index (χ3v) is 3.11. The van der Waals surface area contributed by atoms with Gasteiger partial charge < -0.3 is 5.73 Å². The summed E-state index contributed by atoms with van der Waals surface area (Å²) in [6.07, 6.45) is 0. The Labute approximate surface area is 105 Å². The van der Waals surface area contributed by atoms with E-state index in [0.29, 0.717) is 5.69 Å². The maximum Gasteiger partial charge on any atom is 0.334 e. The lowest BCUT2D eigenvalue weighted by molar-refractivity contribution is 0.899. The van der Waals surface area contributed by atoms with Crippen LogP contribution in [0.15, 0.2) is 38.3 Å². The third-order valence-electron chi connectivity index (χ3n) is 2.35. The Morgan fingerprint density at radius 2 is 2.06 bits per heavy atom. The molecule has 0 aliphatic rings. The smallest absolute Gasteiger partial charge is 0.334 e. The van der Waals surface area contributed by atoms with Gasteiger partial charge in [-0.1, -0.05) is 12.1 Å². The summed E-state index contributed by atoms with van der Waals surface area (Å²) in [5.41, 5.74) is 6.29. The van der Waals surface area contributed by atoms with Crippen LogP contribution >= 0.6 is 15.9 Å². The lowest BCUT2D eigenvalue weighted by atomic mass is 10.2. The van der Waals surface area contributed by atoms with Crippen molar-refractivity contribution in [1.82, 2.24) is 9.55 Å². The topological polar surface area (TPSA) is 80.9 Å². The van der Waals surface area contributed by atoms with E-state index in [1.807, 2.05) is 25.1 Å². The highest BCUT2D eigenvalue weighted by Gasteiger charge is 2.10. The fourth-order valence-electron chi connectivity index (χ4n) is 1.56. The lowest BCUT2D eigenvalue weighted by Crippen LogP contribution is -2.31. The number of nitrogens with zero attached hydrogens (tertiary/aromatic N) is 1. The first-order valence-corrected chi connectivity index (χ1v) is 5.67. The fraction of sp³-hybridized carbons (Fsp3) is 0.0909. The molecule has 3 N–H and O–H groups in total. The van der Waals surface area contributed by atoms with E-state index >= 15 is 0 Å². The molecule has 0 saturated heterocycles. The number of nitrogen functional groups attached to an aromatic ring is 1.